The van der Waals surface area contributed by atoms with E-state index in [0.29, 0.717) is 25.7 Å². The van der Waals surface area contributed by atoms with Crippen LogP contribution in [-0.4, -0.2) is 77.4 Å². The largest absolute Gasteiger partial charge is 0.467 e. The molecule has 2 heterocycles. The van der Waals surface area contributed by atoms with Gasteiger partial charge in [-0.05, 0) is 52.0 Å². The number of methoxy groups -OCH3 is 1. The Hall–Kier alpha value is -3.14. The van der Waals surface area contributed by atoms with Crippen molar-refractivity contribution >= 4 is 23.9 Å². The van der Waals surface area contributed by atoms with Gasteiger partial charge in [-0.2, -0.15) is 0 Å². The van der Waals surface area contributed by atoms with Crippen LogP contribution in [0.2, 0.25) is 0 Å². The Bertz CT molecular complexity index is 947. The molecule has 10 nitrogen and oxygen atoms in total. The van der Waals surface area contributed by atoms with E-state index in [9.17, 15) is 24.3 Å². The third-order valence-electron chi connectivity index (χ3n) is 6.66. The monoisotopic (exact) mass is 503 g/mol. The zero-order valence-corrected chi connectivity index (χ0v) is 21.4. The van der Waals surface area contributed by atoms with Crippen LogP contribution in [0, 0.1) is 5.92 Å². The molecule has 1 aromatic carbocycles. The molecule has 2 saturated heterocycles. The molecule has 2 aliphatic heterocycles. The summed E-state index contributed by atoms with van der Waals surface area (Å²) in [6.07, 6.45) is 1.68. The maximum absolute atomic E-state index is 13.6. The van der Waals surface area contributed by atoms with Gasteiger partial charge in [0.05, 0.1) is 7.11 Å². The number of amides is 3. The van der Waals surface area contributed by atoms with Crippen molar-refractivity contribution in [3.63, 3.8) is 0 Å². The molecule has 0 saturated carbocycles. The molecule has 0 radical (unpaired) electrons. The number of rotatable bonds is 7. The summed E-state index contributed by atoms with van der Waals surface area (Å²) in [6.45, 7) is 4.86. The minimum Gasteiger partial charge on any atom is -0.467 e. The van der Waals surface area contributed by atoms with Crippen LogP contribution in [0.25, 0.3) is 0 Å². The molecular formula is C26H37N3O7. The minimum atomic E-state index is -1.04. The van der Waals surface area contributed by atoms with Gasteiger partial charge in [-0.25, -0.2) is 9.59 Å². The predicted molar refractivity (Wildman–Crippen MR) is 131 cm³/mol. The molecule has 0 bridgehead atoms. The van der Waals surface area contributed by atoms with Crippen molar-refractivity contribution in [2.75, 3.05) is 13.7 Å². The summed E-state index contributed by atoms with van der Waals surface area (Å²) in [6, 6.07) is 6.23. The summed E-state index contributed by atoms with van der Waals surface area (Å²) in [5.74, 6) is -2.02. The summed E-state index contributed by atoms with van der Waals surface area (Å²) >= 11 is 0. The number of nitrogens with zero attached hydrogens (tertiary/aromatic N) is 1. The lowest BCUT2D eigenvalue weighted by atomic mass is 9.93. The fourth-order valence-electron chi connectivity index (χ4n) is 4.94. The third kappa shape index (κ3) is 6.75. The van der Waals surface area contributed by atoms with Gasteiger partial charge in [0.2, 0.25) is 11.8 Å². The average molecular weight is 504 g/mol. The number of aliphatic hydroxyl groups is 1. The number of carbonyl (C=O) groups excluding carboxylic acids is 4. The quantitative estimate of drug-likeness (QED) is 0.481. The van der Waals surface area contributed by atoms with E-state index in [1.165, 1.54) is 12.0 Å². The number of nitrogens with one attached hydrogen (secondary N) is 2. The van der Waals surface area contributed by atoms with Crippen LogP contribution in [-0.2, 0) is 30.3 Å². The maximum Gasteiger partial charge on any atom is 0.408 e. The van der Waals surface area contributed by atoms with Crippen LogP contribution in [0.5, 0.6) is 0 Å². The van der Waals surface area contributed by atoms with Crippen LogP contribution in [0.15, 0.2) is 30.3 Å². The molecule has 1 aromatic rings. The van der Waals surface area contributed by atoms with Crippen LogP contribution in [0.1, 0.15) is 52.0 Å². The van der Waals surface area contributed by atoms with Gasteiger partial charge in [-0.3, -0.25) is 9.59 Å². The fraction of sp³-hybridized carbons (Fsp3) is 0.615. The molecule has 0 aliphatic carbocycles. The van der Waals surface area contributed by atoms with Crippen molar-refractivity contribution < 1.29 is 33.8 Å². The minimum absolute atomic E-state index is 0.155. The molecule has 3 amide bonds. The van der Waals surface area contributed by atoms with E-state index >= 15 is 0 Å². The first-order chi connectivity index (χ1) is 17.0. The lowest BCUT2D eigenvalue weighted by Gasteiger charge is -2.32. The Balaban J connectivity index is 1.83. The molecule has 36 heavy (non-hydrogen) atoms. The highest BCUT2D eigenvalue weighted by atomic mass is 16.6. The number of fused-ring (bicyclic) bond motifs is 1. The van der Waals surface area contributed by atoms with Gasteiger partial charge in [0, 0.05) is 25.0 Å². The molecule has 5 atom stereocenters. The summed E-state index contributed by atoms with van der Waals surface area (Å²) in [7, 11) is 1.28. The average Bonchev–Trinajstić information content (AvgIpc) is 3.20. The van der Waals surface area contributed by atoms with Crippen molar-refractivity contribution in [3.05, 3.63) is 35.9 Å². The Morgan fingerprint density at radius 1 is 1.11 bits per heavy atom. The highest BCUT2D eigenvalue weighted by Gasteiger charge is 2.48. The van der Waals surface area contributed by atoms with Crippen LogP contribution in [0.3, 0.4) is 0 Å². The third-order valence-corrected chi connectivity index (χ3v) is 6.66. The molecule has 198 valence electrons. The first-order valence-electron chi connectivity index (χ1n) is 12.4. The molecule has 2 fully saturated rings. The lowest BCUT2D eigenvalue weighted by molar-refractivity contribution is -0.153. The van der Waals surface area contributed by atoms with E-state index in [4.69, 9.17) is 9.47 Å². The molecule has 3 rings (SSSR count). The molecule has 2 aliphatic rings. The molecule has 0 spiro atoms. The van der Waals surface area contributed by atoms with Crippen LogP contribution in [0.4, 0.5) is 4.79 Å². The number of esters is 1. The second-order valence-corrected chi connectivity index (χ2v) is 10.4. The molecule has 3 N–H and O–H groups in total. The van der Waals surface area contributed by atoms with Gasteiger partial charge < -0.3 is 30.1 Å². The van der Waals surface area contributed by atoms with Crippen molar-refractivity contribution in [2.45, 2.75) is 82.6 Å². The summed E-state index contributed by atoms with van der Waals surface area (Å²) in [5.41, 5.74) is 0.0510. The Morgan fingerprint density at radius 3 is 2.39 bits per heavy atom. The summed E-state index contributed by atoms with van der Waals surface area (Å²) < 4.78 is 10.2. The number of hydrogen-bond donors (Lipinski definition) is 3. The van der Waals surface area contributed by atoms with Gasteiger partial charge in [0.1, 0.15) is 23.7 Å². The second kappa shape index (κ2) is 11.7. The Kier molecular flexibility index (Phi) is 8.94. The number of carbonyl (C=O) groups is 4. The number of aliphatic hydroxyl groups excluding tert-OH is 1. The smallest absolute Gasteiger partial charge is 0.408 e. The van der Waals surface area contributed by atoms with E-state index in [2.05, 4.69) is 10.6 Å². The van der Waals surface area contributed by atoms with E-state index in [1.54, 1.807) is 20.8 Å². The van der Waals surface area contributed by atoms with Crippen molar-refractivity contribution in [1.29, 1.82) is 0 Å². The van der Waals surface area contributed by atoms with Crippen molar-refractivity contribution in [3.8, 4) is 0 Å². The van der Waals surface area contributed by atoms with E-state index < -0.39 is 53.5 Å². The van der Waals surface area contributed by atoms with E-state index in [-0.39, 0.29) is 19.1 Å². The first-order valence-corrected chi connectivity index (χ1v) is 12.4. The molecule has 5 unspecified atom stereocenters. The van der Waals surface area contributed by atoms with Crippen LogP contribution < -0.4 is 10.6 Å². The van der Waals surface area contributed by atoms with E-state index in [0.717, 1.165) is 5.56 Å². The zero-order valence-electron chi connectivity index (χ0n) is 21.4. The number of ether oxygens (including phenoxy) is 2. The number of hydrogen-bond acceptors (Lipinski definition) is 7. The lowest BCUT2D eigenvalue weighted by Crippen LogP contribution is -2.59. The Labute approximate surface area is 211 Å². The van der Waals surface area contributed by atoms with Gasteiger partial charge in [-0.1, -0.05) is 30.3 Å². The standard InChI is InChI=1S/C26H37N3O7/c1-26(2,3)36-25(34)27-19(14-16-8-6-5-7-9-16)22(31)28-21-17(15-30)10-11-18-12-13-20(24(33)35-4)29(18)23(21)32/h5-9,17-21,30H,10-15H2,1-4H3,(H,27,34)(H,28,31). The predicted octanol–water partition coefficient (Wildman–Crippen LogP) is 1.54. The molecular weight excluding hydrogens is 466 g/mol. The van der Waals surface area contributed by atoms with Crippen LogP contribution >= 0.6 is 0 Å². The van der Waals surface area contributed by atoms with Gasteiger partial charge in [-0.15, -0.1) is 0 Å². The highest BCUT2D eigenvalue weighted by molar-refractivity contribution is 5.94. The summed E-state index contributed by atoms with van der Waals surface area (Å²) in [5, 5.41) is 15.4. The van der Waals surface area contributed by atoms with Gasteiger partial charge >= 0.3 is 12.1 Å². The fourth-order valence-corrected chi connectivity index (χ4v) is 4.94. The number of benzene rings is 1. The van der Waals surface area contributed by atoms with E-state index in [1.807, 2.05) is 30.3 Å². The Morgan fingerprint density at radius 2 is 1.78 bits per heavy atom. The first kappa shape index (κ1) is 27.4. The van der Waals surface area contributed by atoms with Crippen molar-refractivity contribution in [2.24, 2.45) is 5.92 Å². The normalized spacial score (nSPS) is 24.8. The molecule has 0 aromatic heterocycles. The zero-order chi connectivity index (χ0) is 26.5. The van der Waals surface area contributed by atoms with Crippen molar-refractivity contribution in [1.82, 2.24) is 15.5 Å². The van der Waals surface area contributed by atoms with Gasteiger partial charge in [0.25, 0.3) is 0 Å². The topological polar surface area (TPSA) is 134 Å². The number of alkyl carbamates (subject to hydrolysis) is 1. The molecule has 10 heteroatoms. The summed E-state index contributed by atoms with van der Waals surface area (Å²) in [4.78, 5) is 53.5. The van der Waals surface area contributed by atoms with Gasteiger partial charge in [0.15, 0.2) is 0 Å². The maximum atomic E-state index is 13.6. The SMILES string of the molecule is COC(=O)C1CCC2CCC(CO)C(NC(=O)C(Cc3ccccc3)NC(=O)OC(C)(C)C)C(=O)N21. The second-order valence-electron chi connectivity index (χ2n) is 10.4. The highest BCUT2D eigenvalue weighted by Crippen LogP contribution is 2.34.